The van der Waals surface area contributed by atoms with Crippen LogP contribution in [-0.2, 0) is 0 Å². The summed E-state index contributed by atoms with van der Waals surface area (Å²) in [5.74, 6) is 1.94. The zero-order chi connectivity index (χ0) is 13.5. The molecule has 106 valence electrons. The first-order valence-corrected chi connectivity index (χ1v) is 7.66. The number of benzene rings is 1. The Morgan fingerprint density at radius 3 is 2.74 bits per heavy atom. The van der Waals surface area contributed by atoms with Crippen molar-refractivity contribution in [2.45, 2.75) is 39.5 Å². The second-order valence-electron chi connectivity index (χ2n) is 5.90. The molecule has 1 fully saturated rings. The van der Waals surface area contributed by atoms with Crippen molar-refractivity contribution in [1.82, 2.24) is 4.90 Å². The van der Waals surface area contributed by atoms with Gasteiger partial charge in [-0.1, -0.05) is 19.1 Å². The maximum absolute atomic E-state index is 5.77. The van der Waals surface area contributed by atoms with Gasteiger partial charge in [0.05, 0.1) is 6.61 Å². The lowest BCUT2D eigenvalue weighted by Crippen LogP contribution is -2.33. The molecule has 1 aliphatic heterocycles. The van der Waals surface area contributed by atoms with Gasteiger partial charge in [0.1, 0.15) is 5.75 Å². The third kappa shape index (κ3) is 5.23. The molecule has 19 heavy (non-hydrogen) atoms. The molecule has 2 heteroatoms. The van der Waals surface area contributed by atoms with Crippen LogP contribution in [0.15, 0.2) is 24.3 Å². The lowest BCUT2D eigenvalue weighted by Gasteiger charge is -2.30. The van der Waals surface area contributed by atoms with Crippen LogP contribution in [0.3, 0.4) is 0 Å². The highest BCUT2D eigenvalue weighted by atomic mass is 16.5. The fraction of sp³-hybridized carbons (Fsp3) is 0.647. The first-order valence-electron chi connectivity index (χ1n) is 7.66. The number of aryl methyl sites for hydroxylation is 1. The molecule has 2 nitrogen and oxygen atoms in total. The molecule has 0 atom stereocenters. The number of hydrogen-bond acceptors (Lipinski definition) is 2. The number of piperidine rings is 1. The van der Waals surface area contributed by atoms with Gasteiger partial charge in [0.25, 0.3) is 0 Å². The number of unbranched alkanes of at least 4 members (excludes halogenated alkanes) is 1. The predicted octanol–water partition coefficient (Wildman–Crippen LogP) is 3.89. The fourth-order valence-electron chi connectivity index (χ4n) is 2.62. The van der Waals surface area contributed by atoms with Gasteiger partial charge in [-0.05, 0) is 75.9 Å². The van der Waals surface area contributed by atoms with E-state index in [1.54, 1.807) is 0 Å². The maximum atomic E-state index is 5.77. The van der Waals surface area contributed by atoms with Crippen molar-refractivity contribution < 1.29 is 4.74 Å². The Kier molecular flexibility index (Phi) is 5.71. The van der Waals surface area contributed by atoms with Crippen LogP contribution in [0.2, 0.25) is 0 Å². The van der Waals surface area contributed by atoms with Gasteiger partial charge in [-0.25, -0.2) is 0 Å². The largest absolute Gasteiger partial charge is 0.494 e. The Balaban J connectivity index is 1.55. The molecule has 0 amide bonds. The molecule has 1 heterocycles. The minimum Gasteiger partial charge on any atom is -0.494 e. The van der Waals surface area contributed by atoms with E-state index in [0.717, 1.165) is 24.7 Å². The number of likely N-dealkylation sites (tertiary alicyclic amines) is 1. The van der Waals surface area contributed by atoms with Crippen molar-refractivity contribution in [3.8, 4) is 5.75 Å². The Morgan fingerprint density at radius 2 is 2.00 bits per heavy atom. The van der Waals surface area contributed by atoms with Crippen LogP contribution in [0.4, 0.5) is 0 Å². The lowest BCUT2D eigenvalue weighted by atomic mass is 9.99. The Hall–Kier alpha value is -1.02. The first-order chi connectivity index (χ1) is 9.24. The molecule has 0 bridgehead atoms. The van der Waals surface area contributed by atoms with Crippen molar-refractivity contribution in [2.75, 3.05) is 26.2 Å². The average Bonchev–Trinajstić information content (AvgIpc) is 2.41. The Bertz CT molecular complexity index is 369. The van der Waals surface area contributed by atoms with Crippen molar-refractivity contribution in [3.05, 3.63) is 29.8 Å². The fourth-order valence-corrected chi connectivity index (χ4v) is 2.62. The first kappa shape index (κ1) is 14.4. The van der Waals surface area contributed by atoms with Gasteiger partial charge >= 0.3 is 0 Å². The van der Waals surface area contributed by atoms with Gasteiger partial charge in [-0.3, -0.25) is 0 Å². The highest BCUT2D eigenvalue weighted by molar-refractivity contribution is 5.27. The van der Waals surface area contributed by atoms with Crippen molar-refractivity contribution in [3.63, 3.8) is 0 Å². The van der Waals surface area contributed by atoms with E-state index < -0.39 is 0 Å². The molecule has 1 saturated heterocycles. The maximum Gasteiger partial charge on any atom is 0.119 e. The third-order valence-electron chi connectivity index (χ3n) is 4.00. The Morgan fingerprint density at radius 1 is 1.21 bits per heavy atom. The van der Waals surface area contributed by atoms with Crippen LogP contribution in [0.25, 0.3) is 0 Å². The second kappa shape index (κ2) is 7.54. The van der Waals surface area contributed by atoms with Crippen LogP contribution in [0.5, 0.6) is 5.75 Å². The topological polar surface area (TPSA) is 12.5 Å². The molecule has 0 N–H and O–H groups in total. The summed E-state index contributed by atoms with van der Waals surface area (Å²) in [4.78, 5) is 2.60. The summed E-state index contributed by atoms with van der Waals surface area (Å²) in [7, 11) is 0. The van der Waals surface area contributed by atoms with E-state index in [0.29, 0.717) is 0 Å². The standard InChI is InChI=1S/C17H27NO/c1-15-8-11-18(12-9-15)10-3-4-13-19-17-7-5-6-16(2)14-17/h5-7,14-15H,3-4,8-13H2,1-2H3. The number of nitrogens with zero attached hydrogens (tertiary/aromatic N) is 1. The van der Waals surface area contributed by atoms with Crippen molar-refractivity contribution in [1.29, 1.82) is 0 Å². The van der Waals surface area contributed by atoms with Crippen molar-refractivity contribution in [2.24, 2.45) is 5.92 Å². The summed E-state index contributed by atoms with van der Waals surface area (Å²) in [6, 6.07) is 8.30. The van der Waals surface area contributed by atoms with Gasteiger partial charge in [-0.15, -0.1) is 0 Å². The molecule has 2 rings (SSSR count). The SMILES string of the molecule is Cc1cccc(OCCCCN2CCC(C)CC2)c1. The second-order valence-corrected chi connectivity index (χ2v) is 5.90. The quantitative estimate of drug-likeness (QED) is 0.720. The molecular weight excluding hydrogens is 234 g/mol. The minimum atomic E-state index is 0.841. The van der Waals surface area contributed by atoms with Crippen molar-refractivity contribution >= 4 is 0 Å². The normalized spacial score (nSPS) is 17.6. The highest BCUT2D eigenvalue weighted by Crippen LogP contribution is 2.16. The van der Waals surface area contributed by atoms with Crippen LogP contribution in [0.1, 0.15) is 38.2 Å². The molecule has 0 aromatic heterocycles. The number of hydrogen-bond donors (Lipinski definition) is 0. The lowest BCUT2D eigenvalue weighted by molar-refractivity contribution is 0.185. The summed E-state index contributed by atoms with van der Waals surface area (Å²) in [5.41, 5.74) is 1.26. The van der Waals surface area contributed by atoms with E-state index in [4.69, 9.17) is 4.74 Å². The van der Waals surface area contributed by atoms with Gasteiger partial charge < -0.3 is 9.64 Å². The van der Waals surface area contributed by atoms with E-state index in [2.05, 4.69) is 36.9 Å². The highest BCUT2D eigenvalue weighted by Gasteiger charge is 2.14. The number of ether oxygens (including phenoxy) is 1. The average molecular weight is 261 g/mol. The smallest absolute Gasteiger partial charge is 0.119 e. The van der Waals surface area contributed by atoms with Gasteiger partial charge in [0.15, 0.2) is 0 Å². The summed E-state index contributed by atoms with van der Waals surface area (Å²) < 4.78 is 5.77. The molecule has 1 aromatic rings. The summed E-state index contributed by atoms with van der Waals surface area (Å²) in [5, 5.41) is 0. The van der Waals surface area contributed by atoms with E-state index in [1.165, 1.54) is 44.5 Å². The molecule has 0 radical (unpaired) electrons. The third-order valence-corrected chi connectivity index (χ3v) is 4.00. The van der Waals surface area contributed by atoms with Crippen LogP contribution in [0, 0.1) is 12.8 Å². The zero-order valence-electron chi connectivity index (χ0n) is 12.4. The molecular formula is C17H27NO. The van der Waals surface area contributed by atoms with E-state index in [9.17, 15) is 0 Å². The monoisotopic (exact) mass is 261 g/mol. The molecule has 0 aliphatic carbocycles. The minimum absolute atomic E-state index is 0.841. The van der Waals surface area contributed by atoms with Gasteiger partial charge in [-0.2, -0.15) is 0 Å². The van der Waals surface area contributed by atoms with Gasteiger partial charge in [0.2, 0.25) is 0 Å². The van der Waals surface area contributed by atoms with Crippen LogP contribution < -0.4 is 4.74 Å². The van der Waals surface area contributed by atoms with Crippen LogP contribution >= 0.6 is 0 Å². The predicted molar refractivity (Wildman–Crippen MR) is 80.7 cm³/mol. The summed E-state index contributed by atoms with van der Waals surface area (Å²) in [6.07, 6.45) is 5.15. The molecule has 0 saturated carbocycles. The summed E-state index contributed by atoms with van der Waals surface area (Å²) >= 11 is 0. The van der Waals surface area contributed by atoms with E-state index >= 15 is 0 Å². The molecule has 1 aromatic carbocycles. The zero-order valence-corrected chi connectivity index (χ0v) is 12.4. The molecule has 0 unspecified atom stereocenters. The Labute approximate surface area is 117 Å². The van der Waals surface area contributed by atoms with Gasteiger partial charge in [0, 0.05) is 0 Å². The molecule has 0 spiro atoms. The summed E-state index contributed by atoms with van der Waals surface area (Å²) in [6.45, 7) is 9.13. The molecule has 1 aliphatic rings. The number of rotatable bonds is 6. The van der Waals surface area contributed by atoms with E-state index in [-0.39, 0.29) is 0 Å². The van der Waals surface area contributed by atoms with E-state index in [1.807, 2.05) is 6.07 Å². The van der Waals surface area contributed by atoms with Crippen LogP contribution in [-0.4, -0.2) is 31.1 Å².